The summed E-state index contributed by atoms with van der Waals surface area (Å²) in [5, 5.41) is 5.60. The van der Waals surface area contributed by atoms with E-state index in [4.69, 9.17) is 0 Å². The molecule has 1 saturated carbocycles. The molecule has 1 aromatic rings. The summed E-state index contributed by atoms with van der Waals surface area (Å²) in [6.07, 6.45) is 7.14. The highest BCUT2D eigenvalue weighted by molar-refractivity contribution is 5.87. The van der Waals surface area contributed by atoms with E-state index in [2.05, 4.69) is 20.6 Å². The summed E-state index contributed by atoms with van der Waals surface area (Å²) in [6, 6.07) is 1.66. The van der Waals surface area contributed by atoms with Gasteiger partial charge >= 0.3 is 6.03 Å². The topological polar surface area (TPSA) is 87.2 Å². The van der Waals surface area contributed by atoms with Gasteiger partial charge in [-0.05, 0) is 37.7 Å². The van der Waals surface area contributed by atoms with Crippen molar-refractivity contribution in [1.82, 2.24) is 20.2 Å². The molecule has 3 rings (SSSR count). The lowest BCUT2D eigenvalue weighted by molar-refractivity contribution is -0.130. The number of hydrogen-bond donors (Lipinski definition) is 2. The first-order chi connectivity index (χ1) is 11.6. The fourth-order valence-corrected chi connectivity index (χ4v) is 3.20. The van der Waals surface area contributed by atoms with Crippen LogP contribution >= 0.6 is 0 Å². The van der Waals surface area contributed by atoms with Crippen LogP contribution in [-0.4, -0.2) is 46.4 Å². The molecule has 0 spiro atoms. The van der Waals surface area contributed by atoms with Crippen LogP contribution in [0.15, 0.2) is 12.3 Å². The quantitative estimate of drug-likeness (QED) is 0.885. The van der Waals surface area contributed by atoms with E-state index < -0.39 is 0 Å². The molecule has 2 N–H and O–H groups in total. The van der Waals surface area contributed by atoms with Gasteiger partial charge < -0.3 is 10.2 Å². The summed E-state index contributed by atoms with van der Waals surface area (Å²) in [7, 11) is 0. The van der Waals surface area contributed by atoms with Crippen LogP contribution in [-0.2, 0) is 4.79 Å². The Labute approximate surface area is 142 Å². The smallest absolute Gasteiger partial charge is 0.321 e. The summed E-state index contributed by atoms with van der Waals surface area (Å²) < 4.78 is 0. The molecule has 0 atom stereocenters. The molecule has 130 valence electrons. The Bertz CT molecular complexity index is 594. The number of piperidine rings is 1. The number of carbonyl (C=O) groups is 2. The maximum absolute atomic E-state index is 12.0. The van der Waals surface area contributed by atoms with Crippen molar-refractivity contribution >= 4 is 17.9 Å². The van der Waals surface area contributed by atoms with E-state index in [9.17, 15) is 9.59 Å². The van der Waals surface area contributed by atoms with Crippen molar-refractivity contribution in [2.45, 2.75) is 44.9 Å². The molecule has 1 aromatic heterocycles. The minimum absolute atomic E-state index is 0.127. The fraction of sp³-hybridized carbons (Fsp3) is 0.647. The van der Waals surface area contributed by atoms with Crippen LogP contribution in [0.5, 0.6) is 0 Å². The van der Waals surface area contributed by atoms with E-state index in [1.807, 2.05) is 11.0 Å². The summed E-state index contributed by atoms with van der Waals surface area (Å²) in [5.41, 5.74) is 1.02. The molecule has 7 nitrogen and oxygen atoms in total. The van der Waals surface area contributed by atoms with Gasteiger partial charge in [0.2, 0.25) is 11.9 Å². The van der Waals surface area contributed by atoms with Gasteiger partial charge in [-0.3, -0.25) is 10.1 Å². The Balaban J connectivity index is 1.42. The largest absolute Gasteiger partial charge is 0.343 e. The van der Waals surface area contributed by atoms with Gasteiger partial charge in [-0.1, -0.05) is 6.42 Å². The highest BCUT2D eigenvalue weighted by Crippen LogP contribution is 2.35. The van der Waals surface area contributed by atoms with Gasteiger partial charge in [-0.25, -0.2) is 14.8 Å². The molecular weight excluding hydrogens is 306 g/mol. The Morgan fingerprint density at radius 2 is 2.00 bits per heavy atom. The normalized spacial score (nSPS) is 18.8. The number of rotatable bonds is 4. The number of urea groups is 1. The third kappa shape index (κ3) is 4.21. The van der Waals surface area contributed by atoms with Gasteiger partial charge in [-0.15, -0.1) is 0 Å². The number of hydrogen-bond acceptors (Lipinski definition) is 4. The fourth-order valence-electron chi connectivity index (χ4n) is 3.20. The monoisotopic (exact) mass is 331 g/mol. The van der Waals surface area contributed by atoms with Gasteiger partial charge in [-0.2, -0.15) is 0 Å². The second-order valence-corrected chi connectivity index (χ2v) is 6.72. The lowest BCUT2D eigenvalue weighted by Gasteiger charge is -2.31. The van der Waals surface area contributed by atoms with Gasteiger partial charge in [0.25, 0.3) is 0 Å². The average Bonchev–Trinajstić information content (AvgIpc) is 2.52. The number of likely N-dealkylation sites (tertiary alicyclic amines) is 1. The van der Waals surface area contributed by atoms with Crippen LogP contribution in [0.4, 0.5) is 10.7 Å². The predicted molar refractivity (Wildman–Crippen MR) is 90.6 cm³/mol. The Morgan fingerprint density at radius 1 is 1.25 bits per heavy atom. The summed E-state index contributed by atoms with van der Waals surface area (Å²) >= 11 is 0. The van der Waals surface area contributed by atoms with E-state index in [1.54, 1.807) is 13.1 Å². The van der Waals surface area contributed by atoms with Gasteiger partial charge in [0.1, 0.15) is 0 Å². The minimum Gasteiger partial charge on any atom is -0.343 e. The first kappa shape index (κ1) is 16.7. The van der Waals surface area contributed by atoms with Crippen molar-refractivity contribution in [3.05, 3.63) is 18.0 Å². The molecule has 2 heterocycles. The number of carbonyl (C=O) groups excluding carboxylic acids is 2. The molecule has 1 saturated heterocycles. The molecule has 1 aliphatic heterocycles. The SMILES string of the molecule is CC(=O)N1CCC(CNC(=O)Nc2nccc(C3CCC3)n2)CC1. The summed E-state index contributed by atoms with van der Waals surface area (Å²) in [4.78, 5) is 33.7. The first-order valence-electron chi connectivity index (χ1n) is 8.75. The zero-order valence-corrected chi connectivity index (χ0v) is 14.1. The molecule has 7 heteroatoms. The van der Waals surface area contributed by atoms with Crippen molar-refractivity contribution in [2.24, 2.45) is 5.92 Å². The van der Waals surface area contributed by atoms with E-state index in [1.165, 1.54) is 19.3 Å². The molecular formula is C17H25N5O2. The molecule has 24 heavy (non-hydrogen) atoms. The second kappa shape index (κ2) is 7.59. The molecule has 1 aliphatic carbocycles. The van der Waals surface area contributed by atoms with Gasteiger partial charge in [0.15, 0.2) is 0 Å². The highest BCUT2D eigenvalue weighted by atomic mass is 16.2. The molecule has 0 radical (unpaired) electrons. The zero-order chi connectivity index (χ0) is 16.9. The maximum Gasteiger partial charge on any atom is 0.321 e. The predicted octanol–water partition coefficient (Wildman–Crippen LogP) is 2.12. The van der Waals surface area contributed by atoms with Crippen molar-refractivity contribution in [3.63, 3.8) is 0 Å². The summed E-state index contributed by atoms with van der Waals surface area (Å²) in [5.74, 6) is 1.42. The second-order valence-electron chi connectivity index (χ2n) is 6.72. The summed E-state index contributed by atoms with van der Waals surface area (Å²) in [6.45, 7) is 3.76. The van der Waals surface area contributed by atoms with E-state index in [0.29, 0.717) is 24.3 Å². The molecule has 2 aliphatic rings. The van der Waals surface area contributed by atoms with Crippen molar-refractivity contribution in [2.75, 3.05) is 25.0 Å². The maximum atomic E-state index is 12.0. The molecule has 2 fully saturated rings. The molecule has 0 bridgehead atoms. The number of aromatic nitrogens is 2. The van der Waals surface area contributed by atoms with Crippen LogP contribution in [0.2, 0.25) is 0 Å². The Morgan fingerprint density at radius 3 is 2.62 bits per heavy atom. The van der Waals surface area contributed by atoms with E-state index >= 15 is 0 Å². The van der Waals surface area contributed by atoms with Crippen LogP contribution in [0.3, 0.4) is 0 Å². The van der Waals surface area contributed by atoms with E-state index in [-0.39, 0.29) is 11.9 Å². The van der Waals surface area contributed by atoms with Crippen LogP contribution in [0.25, 0.3) is 0 Å². The highest BCUT2D eigenvalue weighted by Gasteiger charge is 2.22. The standard InChI is InChI=1S/C17H25N5O2/c1-12(23)22-9-6-13(7-10-22)11-19-17(24)21-16-18-8-5-15(20-16)14-3-2-4-14/h5,8,13-14H,2-4,6-7,9-11H2,1H3,(H2,18,19,20,21,24). The van der Waals surface area contributed by atoms with Crippen molar-refractivity contribution in [1.29, 1.82) is 0 Å². The number of amides is 3. The minimum atomic E-state index is -0.269. The van der Waals surface area contributed by atoms with Crippen LogP contribution in [0.1, 0.15) is 50.6 Å². The number of nitrogens with one attached hydrogen (secondary N) is 2. The Hall–Kier alpha value is -2.18. The van der Waals surface area contributed by atoms with Gasteiger partial charge in [0, 0.05) is 44.4 Å². The number of anilines is 1. The average molecular weight is 331 g/mol. The first-order valence-corrected chi connectivity index (χ1v) is 8.75. The zero-order valence-electron chi connectivity index (χ0n) is 14.1. The van der Waals surface area contributed by atoms with Crippen LogP contribution < -0.4 is 10.6 Å². The number of nitrogens with zero attached hydrogens (tertiary/aromatic N) is 3. The third-order valence-electron chi connectivity index (χ3n) is 5.04. The Kier molecular flexibility index (Phi) is 5.27. The molecule has 0 aromatic carbocycles. The van der Waals surface area contributed by atoms with Gasteiger partial charge in [0.05, 0.1) is 0 Å². The van der Waals surface area contributed by atoms with Crippen molar-refractivity contribution in [3.8, 4) is 0 Å². The van der Waals surface area contributed by atoms with Crippen molar-refractivity contribution < 1.29 is 9.59 Å². The lowest BCUT2D eigenvalue weighted by Crippen LogP contribution is -2.41. The molecule has 3 amide bonds. The van der Waals surface area contributed by atoms with E-state index in [0.717, 1.165) is 31.6 Å². The lowest BCUT2D eigenvalue weighted by atomic mass is 9.83. The molecule has 0 unspecified atom stereocenters. The van der Waals surface area contributed by atoms with Crippen LogP contribution in [0, 0.1) is 5.92 Å². The third-order valence-corrected chi connectivity index (χ3v) is 5.04.